The van der Waals surface area contributed by atoms with Crippen LogP contribution in [0.5, 0.6) is 0 Å². The molecule has 1 fully saturated rings. The maximum absolute atomic E-state index is 11.8. The minimum atomic E-state index is -3.26. The standard InChI is InChI=1S/C10H12O4S/c11-10(8-4-3-6-14-8)9-5-1-2-7-15(9,12)13/h3-4,6,9H,1-2,5,7H2. The zero-order chi connectivity index (χ0) is 10.9. The second-order valence-corrected chi connectivity index (χ2v) is 6.00. The van der Waals surface area contributed by atoms with Crippen LogP contribution in [0, 0.1) is 0 Å². The van der Waals surface area contributed by atoms with E-state index in [2.05, 4.69) is 0 Å². The number of furan rings is 1. The first-order chi connectivity index (χ1) is 7.11. The fraction of sp³-hybridized carbons (Fsp3) is 0.500. The highest BCUT2D eigenvalue weighted by Gasteiger charge is 2.36. The molecule has 0 spiro atoms. The summed E-state index contributed by atoms with van der Waals surface area (Å²) in [7, 11) is -3.26. The van der Waals surface area contributed by atoms with Crippen LogP contribution in [0.15, 0.2) is 22.8 Å². The van der Waals surface area contributed by atoms with Gasteiger partial charge < -0.3 is 4.42 Å². The maximum Gasteiger partial charge on any atom is 0.216 e. The van der Waals surface area contributed by atoms with E-state index < -0.39 is 20.9 Å². The van der Waals surface area contributed by atoms with Crippen LogP contribution in [0.2, 0.25) is 0 Å². The summed E-state index contributed by atoms with van der Waals surface area (Å²) in [4.78, 5) is 11.8. The molecule has 1 saturated heterocycles. The van der Waals surface area contributed by atoms with Crippen LogP contribution in [-0.4, -0.2) is 25.2 Å². The topological polar surface area (TPSA) is 64.3 Å². The Balaban J connectivity index is 2.27. The van der Waals surface area contributed by atoms with E-state index in [1.165, 1.54) is 12.3 Å². The molecule has 1 aliphatic heterocycles. The number of hydrogen-bond donors (Lipinski definition) is 0. The van der Waals surface area contributed by atoms with Crippen molar-refractivity contribution in [3.05, 3.63) is 24.2 Å². The van der Waals surface area contributed by atoms with Gasteiger partial charge >= 0.3 is 0 Å². The molecule has 1 unspecified atom stereocenters. The van der Waals surface area contributed by atoms with E-state index in [0.717, 1.165) is 6.42 Å². The van der Waals surface area contributed by atoms with Gasteiger partial charge in [-0.25, -0.2) is 8.42 Å². The summed E-state index contributed by atoms with van der Waals surface area (Å²) in [6, 6.07) is 3.09. The molecule has 0 aromatic carbocycles. The van der Waals surface area contributed by atoms with Crippen LogP contribution < -0.4 is 0 Å². The van der Waals surface area contributed by atoms with Crippen LogP contribution in [0.1, 0.15) is 29.8 Å². The smallest absolute Gasteiger partial charge is 0.216 e. The summed E-state index contributed by atoms with van der Waals surface area (Å²) in [5, 5.41) is -0.891. The molecule has 0 bridgehead atoms. The normalized spacial score (nSPS) is 24.9. The van der Waals surface area contributed by atoms with E-state index in [1.54, 1.807) is 6.07 Å². The van der Waals surface area contributed by atoms with Crippen LogP contribution >= 0.6 is 0 Å². The number of ketones is 1. The first-order valence-corrected chi connectivity index (χ1v) is 6.62. The van der Waals surface area contributed by atoms with Gasteiger partial charge in [-0.3, -0.25) is 4.79 Å². The van der Waals surface area contributed by atoms with E-state index in [9.17, 15) is 13.2 Å². The molecule has 0 aliphatic carbocycles. The highest BCUT2D eigenvalue weighted by molar-refractivity contribution is 7.92. The summed E-state index contributed by atoms with van der Waals surface area (Å²) >= 11 is 0. The first kappa shape index (κ1) is 10.4. The van der Waals surface area contributed by atoms with E-state index in [1.807, 2.05) is 0 Å². The molecular formula is C10H12O4S. The number of rotatable bonds is 2. The third-order valence-electron chi connectivity index (χ3n) is 2.64. The Bertz CT molecular complexity index is 444. The average Bonchev–Trinajstić information content (AvgIpc) is 2.69. The van der Waals surface area contributed by atoms with E-state index >= 15 is 0 Å². The van der Waals surface area contributed by atoms with Crippen molar-refractivity contribution in [2.24, 2.45) is 0 Å². The molecule has 1 aromatic rings. The van der Waals surface area contributed by atoms with Crippen LogP contribution in [0.4, 0.5) is 0 Å². The summed E-state index contributed by atoms with van der Waals surface area (Å²) in [6.07, 6.45) is 3.24. The lowest BCUT2D eigenvalue weighted by Crippen LogP contribution is -2.35. The number of Topliss-reactive ketones (excluding diaryl/α,β-unsaturated/α-hetero) is 1. The van der Waals surface area contributed by atoms with Crippen molar-refractivity contribution in [2.45, 2.75) is 24.5 Å². The maximum atomic E-state index is 11.8. The number of sulfone groups is 1. The lowest BCUT2D eigenvalue weighted by molar-refractivity contribution is 0.0954. The largest absolute Gasteiger partial charge is 0.461 e. The number of carbonyl (C=O) groups is 1. The van der Waals surface area contributed by atoms with E-state index in [4.69, 9.17) is 4.42 Å². The van der Waals surface area contributed by atoms with Gasteiger partial charge in [0.05, 0.1) is 12.0 Å². The Labute approximate surface area is 88.2 Å². The lowest BCUT2D eigenvalue weighted by atomic mass is 10.1. The minimum Gasteiger partial charge on any atom is -0.461 e. The summed E-state index contributed by atoms with van der Waals surface area (Å²) in [5.74, 6) is -0.144. The van der Waals surface area contributed by atoms with Gasteiger partial charge in [-0.2, -0.15) is 0 Å². The van der Waals surface area contributed by atoms with Gasteiger partial charge in [-0.1, -0.05) is 6.42 Å². The minimum absolute atomic E-state index is 0.115. The van der Waals surface area contributed by atoms with Crippen molar-refractivity contribution in [1.82, 2.24) is 0 Å². The Hall–Kier alpha value is -1.10. The molecule has 4 nitrogen and oxygen atoms in total. The van der Waals surface area contributed by atoms with Crippen molar-refractivity contribution in [3.63, 3.8) is 0 Å². The SMILES string of the molecule is O=C(c1ccco1)C1CCCCS1(=O)=O. The average molecular weight is 228 g/mol. The highest BCUT2D eigenvalue weighted by atomic mass is 32.2. The molecular weight excluding hydrogens is 216 g/mol. The molecule has 1 aromatic heterocycles. The molecule has 0 radical (unpaired) electrons. The molecule has 1 aliphatic rings. The molecule has 0 amide bonds. The van der Waals surface area contributed by atoms with Gasteiger partial charge in [0.1, 0.15) is 5.25 Å². The van der Waals surface area contributed by atoms with Crippen molar-refractivity contribution in [1.29, 1.82) is 0 Å². The van der Waals surface area contributed by atoms with Gasteiger partial charge in [-0.05, 0) is 25.0 Å². The van der Waals surface area contributed by atoms with Crippen molar-refractivity contribution >= 4 is 15.6 Å². The van der Waals surface area contributed by atoms with Gasteiger partial charge in [0, 0.05) is 0 Å². The van der Waals surface area contributed by atoms with Gasteiger partial charge in [0.2, 0.25) is 5.78 Å². The molecule has 0 saturated carbocycles. The predicted octanol–water partition coefficient (Wildman–Crippen LogP) is 1.43. The van der Waals surface area contributed by atoms with Crippen LogP contribution in [0.25, 0.3) is 0 Å². The summed E-state index contributed by atoms with van der Waals surface area (Å²) in [5.41, 5.74) is 0. The Morgan fingerprint density at radius 2 is 2.20 bits per heavy atom. The van der Waals surface area contributed by atoms with Crippen LogP contribution in [-0.2, 0) is 9.84 Å². The molecule has 1 atom stereocenters. The zero-order valence-electron chi connectivity index (χ0n) is 8.18. The number of carbonyl (C=O) groups excluding carboxylic acids is 1. The highest BCUT2D eigenvalue weighted by Crippen LogP contribution is 2.23. The van der Waals surface area contributed by atoms with E-state index in [0.29, 0.717) is 12.8 Å². The molecule has 15 heavy (non-hydrogen) atoms. The van der Waals surface area contributed by atoms with Crippen LogP contribution in [0.3, 0.4) is 0 Å². The second kappa shape index (κ2) is 3.81. The van der Waals surface area contributed by atoms with Gasteiger partial charge in [0.15, 0.2) is 15.6 Å². The molecule has 2 heterocycles. The summed E-state index contributed by atoms with van der Waals surface area (Å²) < 4.78 is 28.2. The fourth-order valence-corrected chi connectivity index (χ4v) is 3.69. The monoisotopic (exact) mass is 228 g/mol. The molecule has 2 rings (SSSR count). The van der Waals surface area contributed by atoms with Crippen molar-refractivity contribution in [3.8, 4) is 0 Å². The van der Waals surface area contributed by atoms with Gasteiger partial charge in [0.25, 0.3) is 0 Å². The first-order valence-electron chi connectivity index (χ1n) is 4.90. The Morgan fingerprint density at radius 3 is 2.80 bits per heavy atom. The molecule has 5 heteroatoms. The zero-order valence-corrected chi connectivity index (χ0v) is 9.00. The van der Waals surface area contributed by atoms with Gasteiger partial charge in [-0.15, -0.1) is 0 Å². The predicted molar refractivity (Wildman–Crippen MR) is 54.5 cm³/mol. The van der Waals surface area contributed by atoms with Crippen molar-refractivity contribution < 1.29 is 17.6 Å². The third-order valence-corrected chi connectivity index (χ3v) is 4.81. The lowest BCUT2D eigenvalue weighted by Gasteiger charge is -2.19. The Morgan fingerprint density at radius 1 is 1.40 bits per heavy atom. The van der Waals surface area contributed by atoms with Crippen molar-refractivity contribution in [2.75, 3.05) is 5.75 Å². The van der Waals surface area contributed by atoms with E-state index in [-0.39, 0.29) is 11.5 Å². The second-order valence-electron chi connectivity index (χ2n) is 3.69. The molecule has 0 N–H and O–H groups in total. The quantitative estimate of drug-likeness (QED) is 0.718. The Kier molecular flexibility index (Phi) is 2.65. The summed E-state index contributed by atoms with van der Waals surface area (Å²) in [6.45, 7) is 0. The number of hydrogen-bond acceptors (Lipinski definition) is 4. The fourth-order valence-electron chi connectivity index (χ4n) is 1.83. The molecule has 82 valence electrons. The third kappa shape index (κ3) is 1.97.